The molecule has 1 aliphatic heterocycles. The molecular formula is C18H20FN3O4S2. The first kappa shape index (κ1) is 20.3. The summed E-state index contributed by atoms with van der Waals surface area (Å²) in [6, 6.07) is 11.7. The minimum absolute atomic E-state index is 0.161. The summed E-state index contributed by atoms with van der Waals surface area (Å²) >= 11 is 0. The van der Waals surface area contributed by atoms with Gasteiger partial charge in [0.2, 0.25) is 20.0 Å². The molecule has 0 saturated heterocycles. The van der Waals surface area contributed by atoms with E-state index >= 15 is 0 Å². The van der Waals surface area contributed by atoms with Crippen molar-refractivity contribution in [2.45, 2.75) is 19.4 Å². The zero-order valence-electron chi connectivity index (χ0n) is 15.3. The molecule has 0 aromatic heterocycles. The number of sulfonamides is 2. The summed E-state index contributed by atoms with van der Waals surface area (Å²) in [6.07, 6.45) is 1.26. The van der Waals surface area contributed by atoms with E-state index in [0.717, 1.165) is 10.7 Å². The summed E-state index contributed by atoms with van der Waals surface area (Å²) in [5.41, 5.74) is 1.76. The molecule has 28 heavy (non-hydrogen) atoms. The molecule has 10 heteroatoms. The zero-order chi connectivity index (χ0) is 20.5. The Morgan fingerprint density at radius 1 is 1.11 bits per heavy atom. The van der Waals surface area contributed by atoms with E-state index in [2.05, 4.69) is 9.82 Å². The van der Waals surface area contributed by atoms with Gasteiger partial charge in [0.1, 0.15) is 5.82 Å². The summed E-state index contributed by atoms with van der Waals surface area (Å²) in [4.78, 5) is 0. The molecular weight excluding hydrogens is 405 g/mol. The Morgan fingerprint density at radius 2 is 1.75 bits per heavy atom. The molecule has 2 aromatic carbocycles. The third-order valence-corrected chi connectivity index (χ3v) is 6.55. The highest BCUT2D eigenvalue weighted by atomic mass is 32.2. The second-order valence-corrected chi connectivity index (χ2v) is 10.3. The van der Waals surface area contributed by atoms with Crippen LogP contribution >= 0.6 is 0 Å². The second kappa shape index (κ2) is 7.51. The van der Waals surface area contributed by atoms with Gasteiger partial charge in [0, 0.05) is 17.7 Å². The van der Waals surface area contributed by atoms with E-state index in [0.29, 0.717) is 17.0 Å². The van der Waals surface area contributed by atoms with E-state index in [4.69, 9.17) is 0 Å². The maximum atomic E-state index is 14.3. The van der Waals surface area contributed by atoms with Crippen molar-refractivity contribution in [3.8, 4) is 0 Å². The predicted molar refractivity (Wildman–Crippen MR) is 107 cm³/mol. The maximum Gasteiger partial charge on any atom is 0.250 e. The summed E-state index contributed by atoms with van der Waals surface area (Å²) in [7, 11) is -7.10. The van der Waals surface area contributed by atoms with E-state index in [1.54, 1.807) is 42.5 Å². The Morgan fingerprint density at radius 3 is 2.32 bits per heavy atom. The average molecular weight is 426 g/mol. The van der Waals surface area contributed by atoms with Gasteiger partial charge in [-0.1, -0.05) is 30.3 Å². The van der Waals surface area contributed by atoms with Gasteiger partial charge in [-0.2, -0.15) is 9.52 Å². The molecule has 7 nitrogen and oxygen atoms in total. The number of halogens is 1. The van der Waals surface area contributed by atoms with Gasteiger partial charge in [0.15, 0.2) is 0 Å². The lowest BCUT2D eigenvalue weighted by atomic mass is 9.99. The molecule has 0 radical (unpaired) electrons. The highest BCUT2D eigenvalue weighted by Crippen LogP contribution is 2.36. The molecule has 1 atom stereocenters. The Labute approximate surface area is 164 Å². The number of nitrogens with one attached hydrogen (secondary N) is 1. The average Bonchev–Trinajstić information content (AvgIpc) is 3.07. The molecule has 0 saturated carbocycles. The van der Waals surface area contributed by atoms with Crippen LogP contribution in [0.5, 0.6) is 0 Å². The fraction of sp³-hybridized carbons (Fsp3) is 0.278. The fourth-order valence-corrected chi connectivity index (χ4v) is 4.60. The lowest BCUT2D eigenvalue weighted by Crippen LogP contribution is -2.29. The van der Waals surface area contributed by atoms with E-state index in [1.807, 2.05) is 0 Å². The number of rotatable bonds is 6. The number of hydrazone groups is 1. The van der Waals surface area contributed by atoms with Crippen molar-refractivity contribution in [3.05, 3.63) is 65.5 Å². The highest BCUT2D eigenvalue weighted by molar-refractivity contribution is 7.92. The second-order valence-electron chi connectivity index (χ2n) is 6.41. The summed E-state index contributed by atoms with van der Waals surface area (Å²) in [5, 5.41) is 4.26. The van der Waals surface area contributed by atoms with Crippen LogP contribution in [-0.2, 0) is 20.0 Å². The molecule has 0 aliphatic carbocycles. The molecule has 2 aromatic rings. The number of anilines is 1. The predicted octanol–water partition coefficient (Wildman–Crippen LogP) is 2.70. The third kappa shape index (κ3) is 4.33. The third-order valence-electron chi connectivity index (χ3n) is 4.31. The first-order chi connectivity index (χ1) is 13.1. The molecule has 1 aliphatic rings. The number of hydrogen-bond acceptors (Lipinski definition) is 5. The van der Waals surface area contributed by atoms with Gasteiger partial charge in [-0.25, -0.2) is 21.2 Å². The van der Waals surface area contributed by atoms with Crippen LogP contribution in [0, 0.1) is 5.82 Å². The molecule has 0 amide bonds. The fourth-order valence-electron chi connectivity index (χ4n) is 2.97. The summed E-state index contributed by atoms with van der Waals surface area (Å²) in [6.45, 7) is 1.51. The van der Waals surface area contributed by atoms with Crippen molar-refractivity contribution < 1.29 is 21.2 Å². The Hall–Kier alpha value is -2.46. The summed E-state index contributed by atoms with van der Waals surface area (Å²) in [5.74, 6) is -0.653. The van der Waals surface area contributed by atoms with Gasteiger partial charge in [-0.05, 0) is 30.7 Å². The summed E-state index contributed by atoms with van der Waals surface area (Å²) < 4.78 is 65.3. The van der Waals surface area contributed by atoms with E-state index < -0.39 is 31.9 Å². The molecule has 3 rings (SSSR count). The molecule has 1 N–H and O–H groups in total. The van der Waals surface area contributed by atoms with Crippen molar-refractivity contribution in [1.29, 1.82) is 0 Å². The SMILES string of the molecule is CCS(=O)(=O)N1N=C(c2ccc(NS(C)(=O)=O)cc2)C[C@H]1c1ccccc1F. The first-order valence-corrected chi connectivity index (χ1v) is 12.0. The largest absolute Gasteiger partial charge is 0.284 e. The molecule has 1 heterocycles. The van der Waals surface area contributed by atoms with Crippen LogP contribution in [0.25, 0.3) is 0 Å². The van der Waals surface area contributed by atoms with Crippen molar-refractivity contribution in [2.24, 2.45) is 5.10 Å². The molecule has 0 spiro atoms. The molecule has 0 bridgehead atoms. The van der Waals surface area contributed by atoms with Gasteiger partial charge >= 0.3 is 0 Å². The standard InChI is InChI=1S/C18H20FN3O4S2/c1-3-28(25,26)22-18(15-6-4-5-7-16(15)19)12-17(20-22)13-8-10-14(11-9-13)21-27(2,23)24/h4-11,18,21H,3,12H2,1-2H3/t18-/m0/s1. The normalized spacial score (nSPS) is 17.5. The van der Waals surface area contributed by atoms with Crippen LogP contribution < -0.4 is 4.72 Å². The Balaban J connectivity index is 1.96. The lowest BCUT2D eigenvalue weighted by molar-refractivity contribution is 0.363. The van der Waals surface area contributed by atoms with Crippen LogP contribution in [0.3, 0.4) is 0 Å². The lowest BCUT2D eigenvalue weighted by Gasteiger charge is -2.23. The number of nitrogens with zero attached hydrogens (tertiary/aromatic N) is 2. The van der Waals surface area contributed by atoms with Crippen molar-refractivity contribution in [1.82, 2.24) is 4.41 Å². The van der Waals surface area contributed by atoms with Crippen LogP contribution in [0.15, 0.2) is 53.6 Å². The van der Waals surface area contributed by atoms with Gasteiger partial charge in [-0.15, -0.1) is 0 Å². The number of benzene rings is 2. The van der Waals surface area contributed by atoms with Crippen molar-refractivity contribution >= 4 is 31.4 Å². The number of hydrogen-bond donors (Lipinski definition) is 1. The van der Waals surface area contributed by atoms with Crippen molar-refractivity contribution in [3.63, 3.8) is 0 Å². The van der Waals surface area contributed by atoms with E-state index in [1.165, 1.54) is 13.0 Å². The van der Waals surface area contributed by atoms with Crippen LogP contribution in [0.4, 0.5) is 10.1 Å². The molecule has 0 fully saturated rings. The smallest absolute Gasteiger partial charge is 0.250 e. The Kier molecular flexibility index (Phi) is 5.44. The zero-order valence-corrected chi connectivity index (χ0v) is 17.0. The van der Waals surface area contributed by atoms with E-state index in [-0.39, 0.29) is 17.7 Å². The highest BCUT2D eigenvalue weighted by Gasteiger charge is 2.37. The molecule has 0 unspecified atom stereocenters. The van der Waals surface area contributed by atoms with Crippen LogP contribution in [-0.4, -0.2) is 39.0 Å². The van der Waals surface area contributed by atoms with Gasteiger partial charge in [0.05, 0.1) is 23.8 Å². The Bertz CT molecular complexity index is 1110. The van der Waals surface area contributed by atoms with Crippen LogP contribution in [0.2, 0.25) is 0 Å². The van der Waals surface area contributed by atoms with Crippen LogP contribution in [0.1, 0.15) is 30.5 Å². The van der Waals surface area contributed by atoms with Gasteiger partial charge in [-0.3, -0.25) is 4.72 Å². The quantitative estimate of drug-likeness (QED) is 0.770. The maximum absolute atomic E-state index is 14.3. The first-order valence-electron chi connectivity index (χ1n) is 8.53. The minimum atomic E-state index is -3.70. The van der Waals surface area contributed by atoms with E-state index in [9.17, 15) is 21.2 Å². The topological polar surface area (TPSA) is 95.9 Å². The van der Waals surface area contributed by atoms with Gasteiger partial charge in [0.25, 0.3) is 0 Å². The molecule has 150 valence electrons. The minimum Gasteiger partial charge on any atom is -0.284 e. The van der Waals surface area contributed by atoms with Gasteiger partial charge < -0.3 is 0 Å². The monoisotopic (exact) mass is 425 g/mol. The van der Waals surface area contributed by atoms with Crippen molar-refractivity contribution in [2.75, 3.05) is 16.7 Å².